The Labute approximate surface area is 98.4 Å². The lowest BCUT2D eigenvalue weighted by atomic mass is 10.0. The molecule has 0 aliphatic carbocycles. The van der Waals surface area contributed by atoms with Gasteiger partial charge in [-0.1, -0.05) is 36.8 Å². The second-order valence-electron chi connectivity index (χ2n) is 4.38. The quantitative estimate of drug-likeness (QED) is 0.419. The Morgan fingerprint density at radius 3 is 2.44 bits per heavy atom. The van der Waals surface area contributed by atoms with E-state index in [0.29, 0.717) is 11.5 Å². The Bertz CT molecular complexity index is 305. The molecule has 0 aromatic heterocycles. The van der Waals surface area contributed by atoms with Crippen molar-refractivity contribution in [1.82, 2.24) is 0 Å². The number of hydrogen-bond acceptors (Lipinski definition) is 1. The number of allylic oxidation sites excluding steroid dienone is 5. The molecule has 0 aromatic rings. The Hall–Kier alpha value is -1.31. The second kappa shape index (κ2) is 7.91. The molecule has 0 aliphatic rings. The fraction of sp³-hybridized carbons (Fsp3) is 0.500. The molecule has 0 bridgehead atoms. The molecule has 0 heterocycles. The van der Waals surface area contributed by atoms with Gasteiger partial charge in [0.1, 0.15) is 0 Å². The van der Waals surface area contributed by atoms with Crippen LogP contribution in [0.25, 0.3) is 0 Å². The molecule has 1 unspecified atom stereocenters. The molecule has 0 rings (SSSR count). The maximum atomic E-state index is 10.5. The van der Waals surface area contributed by atoms with Crippen molar-refractivity contribution in [2.75, 3.05) is 0 Å². The van der Waals surface area contributed by atoms with Crippen LogP contribution in [-0.2, 0) is 4.79 Å². The van der Waals surface area contributed by atoms with Crippen LogP contribution in [0, 0.1) is 5.92 Å². The summed E-state index contributed by atoms with van der Waals surface area (Å²) in [6, 6.07) is 0. The summed E-state index contributed by atoms with van der Waals surface area (Å²) in [4.78, 5) is 10.5. The van der Waals surface area contributed by atoms with Crippen molar-refractivity contribution in [3.8, 4) is 0 Å². The van der Waals surface area contributed by atoms with Crippen LogP contribution in [0.2, 0.25) is 0 Å². The number of rotatable bonds is 6. The van der Waals surface area contributed by atoms with E-state index >= 15 is 0 Å². The first kappa shape index (κ1) is 14.7. The predicted molar refractivity (Wildman–Crippen MR) is 68.4 cm³/mol. The molecule has 1 N–H and O–H groups in total. The fourth-order valence-corrected chi connectivity index (χ4v) is 1.19. The SMILES string of the molecule is CC(C)=CCCC(C)/C=C/C=C(\C)C(=O)O. The third-order valence-electron chi connectivity index (χ3n) is 2.30. The summed E-state index contributed by atoms with van der Waals surface area (Å²) in [5.41, 5.74) is 1.71. The average molecular weight is 222 g/mol. The van der Waals surface area contributed by atoms with E-state index in [1.807, 2.05) is 12.2 Å². The zero-order valence-corrected chi connectivity index (χ0v) is 10.7. The van der Waals surface area contributed by atoms with Crippen LogP contribution >= 0.6 is 0 Å². The molecule has 0 aromatic carbocycles. The van der Waals surface area contributed by atoms with Gasteiger partial charge < -0.3 is 5.11 Å². The van der Waals surface area contributed by atoms with Crippen LogP contribution in [0.15, 0.2) is 35.5 Å². The minimum Gasteiger partial charge on any atom is -0.478 e. The molecule has 2 nitrogen and oxygen atoms in total. The number of carbonyl (C=O) groups is 1. The normalized spacial score (nSPS) is 13.9. The van der Waals surface area contributed by atoms with E-state index < -0.39 is 5.97 Å². The zero-order valence-electron chi connectivity index (χ0n) is 10.7. The lowest BCUT2D eigenvalue weighted by Gasteiger charge is -2.02. The molecule has 0 spiro atoms. The minimum absolute atomic E-state index is 0.368. The smallest absolute Gasteiger partial charge is 0.331 e. The van der Waals surface area contributed by atoms with Gasteiger partial charge in [0.15, 0.2) is 0 Å². The largest absolute Gasteiger partial charge is 0.478 e. The van der Waals surface area contributed by atoms with Gasteiger partial charge in [-0.15, -0.1) is 0 Å². The first-order chi connectivity index (χ1) is 7.43. The lowest BCUT2D eigenvalue weighted by Crippen LogP contribution is -1.95. The van der Waals surface area contributed by atoms with Crippen molar-refractivity contribution in [3.05, 3.63) is 35.5 Å². The van der Waals surface area contributed by atoms with Gasteiger partial charge in [-0.25, -0.2) is 4.79 Å². The van der Waals surface area contributed by atoms with E-state index in [9.17, 15) is 4.79 Å². The van der Waals surface area contributed by atoms with Gasteiger partial charge in [0, 0.05) is 5.57 Å². The van der Waals surface area contributed by atoms with Gasteiger partial charge in [-0.05, 0) is 39.5 Å². The highest BCUT2D eigenvalue weighted by atomic mass is 16.4. The van der Waals surface area contributed by atoms with E-state index in [0.717, 1.165) is 12.8 Å². The third kappa shape index (κ3) is 8.04. The maximum absolute atomic E-state index is 10.5. The monoisotopic (exact) mass is 222 g/mol. The molecule has 90 valence electrons. The van der Waals surface area contributed by atoms with E-state index in [-0.39, 0.29) is 0 Å². The highest BCUT2D eigenvalue weighted by molar-refractivity contribution is 5.86. The standard InChI is InChI=1S/C14H22O2/c1-11(2)7-5-8-12(3)9-6-10-13(4)14(15)16/h6-7,9-10,12H,5,8H2,1-4H3,(H,15,16)/b9-6+,13-10+. The van der Waals surface area contributed by atoms with Crippen LogP contribution in [0.4, 0.5) is 0 Å². The zero-order chi connectivity index (χ0) is 12.6. The summed E-state index contributed by atoms with van der Waals surface area (Å²) in [7, 11) is 0. The Morgan fingerprint density at radius 2 is 1.94 bits per heavy atom. The van der Waals surface area contributed by atoms with Gasteiger partial charge in [0.2, 0.25) is 0 Å². The van der Waals surface area contributed by atoms with Crippen LogP contribution in [0.1, 0.15) is 40.5 Å². The van der Waals surface area contributed by atoms with Crippen LogP contribution in [0.5, 0.6) is 0 Å². The predicted octanol–water partition coefficient (Wildman–Crippen LogP) is 3.96. The number of carboxylic acids is 1. The van der Waals surface area contributed by atoms with Crippen molar-refractivity contribution >= 4 is 5.97 Å². The molecular formula is C14H22O2. The van der Waals surface area contributed by atoms with Crippen LogP contribution in [-0.4, -0.2) is 11.1 Å². The first-order valence-electron chi connectivity index (χ1n) is 5.65. The lowest BCUT2D eigenvalue weighted by molar-refractivity contribution is -0.132. The number of carboxylic acid groups (broad SMARTS) is 1. The van der Waals surface area contributed by atoms with E-state index in [1.165, 1.54) is 5.57 Å². The molecule has 0 amide bonds. The highest BCUT2D eigenvalue weighted by Crippen LogP contribution is 2.09. The topological polar surface area (TPSA) is 37.3 Å². The Balaban J connectivity index is 4.00. The Kier molecular flexibility index (Phi) is 7.27. The summed E-state index contributed by atoms with van der Waals surface area (Å²) in [5.74, 6) is -0.379. The molecule has 2 heteroatoms. The molecular weight excluding hydrogens is 200 g/mol. The molecule has 0 radical (unpaired) electrons. The minimum atomic E-state index is -0.859. The summed E-state index contributed by atoms with van der Waals surface area (Å²) in [6.07, 6.45) is 9.92. The van der Waals surface area contributed by atoms with E-state index in [2.05, 4.69) is 26.8 Å². The molecule has 0 fully saturated rings. The van der Waals surface area contributed by atoms with Crippen LogP contribution in [0.3, 0.4) is 0 Å². The summed E-state index contributed by atoms with van der Waals surface area (Å²) >= 11 is 0. The first-order valence-corrected chi connectivity index (χ1v) is 5.65. The molecule has 16 heavy (non-hydrogen) atoms. The highest BCUT2D eigenvalue weighted by Gasteiger charge is 1.97. The van der Waals surface area contributed by atoms with Crippen molar-refractivity contribution in [1.29, 1.82) is 0 Å². The van der Waals surface area contributed by atoms with Gasteiger partial charge in [0.25, 0.3) is 0 Å². The van der Waals surface area contributed by atoms with Crippen molar-refractivity contribution in [3.63, 3.8) is 0 Å². The van der Waals surface area contributed by atoms with Gasteiger partial charge in [-0.2, -0.15) is 0 Å². The van der Waals surface area contributed by atoms with Crippen LogP contribution < -0.4 is 0 Å². The molecule has 0 aliphatic heterocycles. The molecule has 1 atom stereocenters. The number of aliphatic carboxylic acids is 1. The average Bonchev–Trinajstić information content (AvgIpc) is 2.16. The number of hydrogen-bond donors (Lipinski definition) is 1. The van der Waals surface area contributed by atoms with E-state index in [1.54, 1.807) is 13.0 Å². The van der Waals surface area contributed by atoms with Crippen molar-refractivity contribution in [2.24, 2.45) is 5.92 Å². The van der Waals surface area contributed by atoms with Gasteiger partial charge in [-0.3, -0.25) is 0 Å². The Morgan fingerprint density at radius 1 is 1.31 bits per heavy atom. The summed E-state index contributed by atoms with van der Waals surface area (Å²) in [6.45, 7) is 7.93. The van der Waals surface area contributed by atoms with Gasteiger partial charge >= 0.3 is 5.97 Å². The van der Waals surface area contributed by atoms with E-state index in [4.69, 9.17) is 5.11 Å². The fourth-order valence-electron chi connectivity index (χ4n) is 1.19. The second-order valence-corrected chi connectivity index (χ2v) is 4.38. The van der Waals surface area contributed by atoms with Crippen molar-refractivity contribution in [2.45, 2.75) is 40.5 Å². The summed E-state index contributed by atoms with van der Waals surface area (Å²) < 4.78 is 0. The third-order valence-corrected chi connectivity index (χ3v) is 2.30. The molecule has 0 saturated carbocycles. The maximum Gasteiger partial charge on any atom is 0.331 e. The summed E-state index contributed by atoms with van der Waals surface area (Å²) in [5, 5.41) is 8.64. The molecule has 0 saturated heterocycles. The van der Waals surface area contributed by atoms with Crippen molar-refractivity contribution < 1.29 is 9.90 Å². The van der Waals surface area contributed by atoms with Gasteiger partial charge in [0.05, 0.1) is 0 Å².